The highest BCUT2D eigenvalue weighted by atomic mass is 19.4. The van der Waals surface area contributed by atoms with Crippen molar-refractivity contribution >= 4 is 18.0 Å². The number of halogens is 3. The number of ether oxygens (including phenoxy) is 1. The van der Waals surface area contributed by atoms with Crippen molar-refractivity contribution in [3.8, 4) is 11.1 Å². The average molecular weight is 478 g/mol. The van der Waals surface area contributed by atoms with Gasteiger partial charge < -0.3 is 20.5 Å². The van der Waals surface area contributed by atoms with Gasteiger partial charge in [0.05, 0.1) is 6.42 Å². The van der Waals surface area contributed by atoms with Crippen LogP contribution in [-0.4, -0.2) is 48.4 Å². The number of hydrogen-bond acceptors (Lipinski definition) is 4. The summed E-state index contributed by atoms with van der Waals surface area (Å²) in [5.41, 5.74) is 3.92. The first-order valence-corrected chi connectivity index (χ1v) is 10.8. The third kappa shape index (κ3) is 5.86. The molecule has 3 rings (SSSR count). The van der Waals surface area contributed by atoms with Crippen LogP contribution in [0.15, 0.2) is 48.5 Å². The molecule has 1 unspecified atom stereocenters. The van der Waals surface area contributed by atoms with Crippen molar-refractivity contribution in [3.63, 3.8) is 0 Å². The molecule has 2 atom stereocenters. The van der Waals surface area contributed by atoms with Gasteiger partial charge in [0, 0.05) is 18.5 Å². The van der Waals surface area contributed by atoms with Crippen molar-refractivity contribution in [1.82, 2.24) is 10.6 Å². The molecular weight excluding hydrogens is 453 g/mol. The Labute approximate surface area is 194 Å². The molecule has 2 amide bonds. The highest BCUT2D eigenvalue weighted by molar-refractivity contribution is 5.82. The lowest BCUT2D eigenvalue weighted by Crippen LogP contribution is -2.49. The first kappa shape index (κ1) is 25.1. The van der Waals surface area contributed by atoms with Crippen LogP contribution in [0, 0.1) is 5.92 Å². The van der Waals surface area contributed by atoms with Crippen LogP contribution in [0.2, 0.25) is 0 Å². The molecule has 1 aliphatic carbocycles. The number of carbonyl (C=O) groups is 3. The molecule has 2 aromatic carbocycles. The summed E-state index contributed by atoms with van der Waals surface area (Å²) >= 11 is 0. The predicted molar refractivity (Wildman–Crippen MR) is 117 cm³/mol. The van der Waals surface area contributed by atoms with Gasteiger partial charge in [0.1, 0.15) is 6.61 Å². The number of alkyl halides is 3. The molecule has 0 heterocycles. The minimum Gasteiger partial charge on any atom is -0.481 e. The summed E-state index contributed by atoms with van der Waals surface area (Å²) in [7, 11) is 0. The van der Waals surface area contributed by atoms with E-state index in [0.717, 1.165) is 22.3 Å². The van der Waals surface area contributed by atoms with Crippen molar-refractivity contribution in [2.75, 3.05) is 13.2 Å². The number of rotatable bonds is 9. The second kappa shape index (κ2) is 10.6. The molecule has 10 heteroatoms. The average Bonchev–Trinajstić information content (AvgIpc) is 3.10. The van der Waals surface area contributed by atoms with Crippen LogP contribution < -0.4 is 10.6 Å². The zero-order valence-corrected chi connectivity index (χ0v) is 18.4. The Bertz CT molecular complexity index is 1010. The van der Waals surface area contributed by atoms with E-state index in [1.54, 1.807) is 6.92 Å². The van der Waals surface area contributed by atoms with Crippen molar-refractivity contribution in [2.24, 2.45) is 5.92 Å². The number of benzene rings is 2. The lowest BCUT2D eigenvalue weighted by atomic mass is 9.98. The van der Waals surface area contributed by atoms with Gasteiger partial charge in [0.2, 0.25) is 5.91 Å². The standard InChI is InChI=1S/C24H25F3N2O5/c1-2-14(11-21(30)31)29-22(32)20(24(25,26)27)12-28-23(33)34-13-19-17-9-5-3-7-15(17)16-8-4-6-10-18(16)19/h3-10,14,19-20H,2,11-13H2,1H3,(H,28,33)(H,29,32)(H,30,31)/t14-,20?/m0/s1. The summed E-state index contributed by atoms with van der Waals surface area (Å²) in [6, 6.07) is 14.3. The normalized spacial score (nSPS) is 14.5. The Kier molecular flexibility index (Phi) is 7.80. The van der Waals surface area contributed by atoms with Crippen molar-refractivity contribution in [3.05, 3.63) is 59.7 Å². The molecule has 2 aromatic rings. The highest BCUT2D eigenvalue weighted by Crippen LogP contribution is 2.44. The van der Waals surface area contributed by atoms with E-state index >= 15 is 0 Å². The quantitative estimate of drug-likeness (QED) is 0.504. The molecule has 34 heavy (non-hydrogen) atoms. The zero-order valence-electron chi connectivity index (χ0n) is 18.4. The third-order valence-electron chi connectivity index (χ3n) is 5.77. The summed E-state index contributed by atoms with van der Waals surface area (Å²) in [5.74, 6) is -5.45. The second-order valence-electron chi connectivity index (χ2n) is 8.01. The fourth-order valence-corrected chi connectivity index (χ4v) is 4.00. The Balaban J connectivity index is 1.61. The fraction of sp³-hybridized carbons (Fsp3) is 0.375. The van der Waals surface area contributed by atoms with E-state index in [2.05, 4.69) is 5.32 Å². The predicted octanol–water partition coefficient (Wildman–Crippen LogP) is 4.07. The van der Waals surface area contributed by atoms with Crippen LogP contribution in [0.3, 0.4) is 0 Å². The third-order valence-corrected chi connectivity index (χ3v) is 5.77. The Morgan fingerprint density at radius 1 is 1.03 bits per heavy atom. The number of nitrogens with one attached hydrogen (secondary N) is 2. The minimum absolute atomic E-state index is 0.0841. The number of carboxylic acid groups (broad SMARTS) is 1. The molecule has 0 saturated heterocycles. The van der Waals surface area contributed by atoms with Crippen LogP contribution in [0.25, 0.3) is 11.1 Å². The van der Waals surface area contributed by atoms with Crippen LogP contribution in [-0.2, 0) is 14.3 Å². The molecular formula is C24H25F3N2O5. The van der Waals surface area contributed by atoms with Crippen LogP contribution in [0.1, 0.15) is 36.8 Å². The number of amides is 2. The van der Waals surface area contributed by atoms with Gasteiger partial charge in [-0.05, 0) is 28.7 Å². The maximum Gasteiger partial charge on any atom is 0.407 e. The first-order valence-electron chi connectivity index (χ1n) is 10.8. The Hall–Kier alpha value is -3.56. The van der Waals surface area contributed by atoms with Gasteiger partial charge in [0.15, 0.2) is 5.92 Å². The number of carboxylic acids is 1. The van der Waals surface area contributed by atoms with Crippen molar-refractivity contribution in [1.29, 1.82) is 0 Å². The Morgan fingerprint density at radius 2 is 1.59 bits per heavy atom. The molecule has 0 fully saturated rings. The maximum atomic E-state index is 13.4. The molecule has 0 saturated carbocycles. The summed E-state index contributed by atoms with van der Waals surface area (Å²) in [6.07, 6.45) is -6.39. The van der Waals surface area contributed by atoms with E-state index in [1.165, 1.54) is 0 Å². The van der Waals surface area contributed by atoms with Gasteiger partial charge >= 0.3 is 18.2 Å². The molecule has 1 aliphatic rings. The van der Waals surface area contributed by atoms with E-state index in [1.807, 2.05) is 53.8 Å². The molecule has 0 spiro atoms. The van der Waals surface area contributed by atoms with Crippen LogP contribution >= 0.6 is 0 Å². The van der Waals surface area contributed by atoms with Crippen molar-refractivity contribution in [2.45, 2.75) is 37.9 Å². The first-order chi connectivity index (χ1) is 16.1. The Morgan fingerprint density at radius 3 is 2.09 bits per heavy atom. The number of fused-ring (bicyclic) bond motifs is 3. The molecule has 0 radical (unpaired) electrons. The van der Waals surface area contributed by atoms with E-state index in [-0.39, 0.29) is 18.9 Å². The molecule has 0 bridgehead atoms. The number of hydrogen-bond donors (Lipinski definition) is 3. The molecule has 182 valence electrons. The zero-order chi connectivity index (χ0) is 24.9. The van der Waals surface area contributed by atoms with Gasteiger partial charge in [-0.2, -0.15) is 13.2 Å². The monoisotopic (exact) mass is 478 g/mol. The molecule has 3 N–H and O–H groups in total. The van der Waals surface area contributed by atoms with Gasteiger partial charge in [-0.25, -0.2) is 4.79 Å². The summed E-state index contributed by atoms with van der Waals surface area (Å²) in [5, 5.41) is 12.9. The largest absolute Gasteiger partial charge is 0.481 e. The van der Waals surface area contributed by atoms with E-state index in [4.69, 9.17) is 9.84 Å². The number of alkyl carbamates (subject to hydrolysis) is 1. The van der Waals surface area contributed by atoms with E-state index < -0.39 is 49.1 Å². The maximum absolute atomic E-state index is 13.4. The van der Waals surface area contributed by atoms with E-state index in [0.29, 0.717) is 0 Å². The van der Waals surface area contributed by atoms with Gasteiger partial charge in [-0.1, -0.05) is 55.5 Å². The second-order valence-corrected chi connectivity index (χ2v) is 8.01. The van der Waals surface area contributed by atoms with Crippen molar-refractivity contribution < 1.29 is 37.4 Å². The lowest BCUT2D eigenvalue weighted by Gasteiger charge is -2.23. The van der Waals surface area contributed by atoms with Gasteiger partial charge in [0.25, 0.3) is 0 Å². The topological polar surface area (TPSA) is 105 Å². The SMILES string of the molecule is CC[C@@H](CC(=O)O)NC(=O)C(CNC(=O)OCC1c2ccccc2-c2ccccc21)C(F)(F)F. The summed E-state index contributed by atoms with van der Waals surface area (Å²) < 4.78 is 45.5. The van der Waals surface area contributed by atoms with Gasteiger partial charge in [-0.3, -0.25) is 9.59 Å². The minimum atomic E-state index is -4.94. The smallest absolute Gasteiger partial charge is 0.407 e. The summed E-state index contributed by atoms with van der Waals surface area (Å²) in [6.45, 7) is 0.431. The molecule has 0 aromatic heterocycles. The van der Waals surface area contributed by atoms with Crippen LogP contribution in [0.4, 0.5) is 18.0 Å². The number of aliphatic carboxylic acids is 1. The van der Waals surface area contributed by atoms with Gasteiger partial charge in [-0.15, -0.1) is 0 Å². The number of carbonyl (C=O) groups excluding carboxylic acids is 2. The van der Waals surface area contributed by atoms with Crippen LogP contribution in [0.5, 0.6) is 0 Å². The molecule has 0 aliphatic heterocycles. The molecule has 7 nitrogen and oxygen atoms in total. The summed E-state index contributed by atoms with van der Waals surface area (Å²) in [4.78, 5) is 35.2. The van der Waals surface area contributed by atoms with E-state index in [9.17, 15) is 27.6 Å². The highest BCUT2D eigenvalue weighted by Gasteiger charge is 2.45. The fourth-order valence-electron chi connectivity index (χ4n) is 4.00. The lowest BCUT2D eigenvalue weighted by molar-refractivity contribution is -0.181.